The van der Waals surface area contributed by atoms with Crippen molar-refractivity contribution in [1.82, 2.24) is 0 Å². The zero-order valence-electron chi connectivity index (χ0n) is 12.5. The van der Waals surface area contributed by atoms with Crippen molar-refractivity contribution in [3.63, 3.8) is 0 Å². The minimum atomic E-state index is -0.160. The van der Waals surface area contributed by atoms with Crippen LogP contribution in [0.4, 0.5) is 10.1 Å². The lowest BCUT2D eigenvalue weighted by Crippen LogP contribution is -2.40. The smallest absolute Gasteiger partial charge is 0.126 e. The molecule has 1 atom stereocenters. The monoisotopic (exact) mass is 264 g/mol. The number of piperidine rings is 1. The Morgan fingerprint density at radius 1 is 1.37 bits per heavy atom. The molecule has 1 aliphatic rings. The van der Waals surface area contributed by atoms with Crippen LogP contribution in [0.25, 0.3) is 0 Å². The van der Waals surface area contributed by atoms with Gasteiger partial charge in [-0.1, -0.05) is 13.8 Å². The fraction of sp³-hybridized carbons (Fsp3) is 0.625. The first-order chi connectivity index (χ1) is 8.80. The summed E-state index contributed by atoms with van der Waals surface area (Å²) in [6, 6.07) is 3.42. The van der Waals surface area contributed by atoms with Crippen LogP contribution in [0.15, 0.2) is 12.1 Å². The molecule has 1 fully saturated rings. The molecule has 0 unspecified atom stereocenters. The van der Waals surface area contributed by atoms with E-state index in [0.29, 0.717) is 11.0 Å². The molecule has 0 amide bonds. The molecular formula is C16H25FN2. The van der Waals surface area contributed by atoms with Gasteiger partial charge in [0.25, 0.3) is 0 Å². The van der Waals surface area contributed by atoms with Crippen molar-refractivity contribution in [1.29, 1.82) is 0 Å². The normalized spacial score (nSPS) is 20.4. The van der Waals surface area contributed by atoms with Crippen molar-refractivity contribution in [2.24, 2.45) is 11.1 Å². The summed E-state index contributed by atoms with van der Waals surface area (Å²) in [6.45, 7) is 10.4. The van der Waals surface area contributed by atoms with E-state index in [1.54, 1.807) is 6.07 Å². The van der Waals surface area contributed by atoms with E-state index in [-0.39, 0.29) is 11.9 Å². The first-order valence-electron chi connectivity index (χ1n) is 7.11. The number of nitrogens with two attached hydrogens (primary N) is 1. The molecule has 1 aromatic rings. The van der Waals surface area contributed by atoms with Gasteiger partial charge in [-0.2, -0.15) is 0 Å². The summed E-state index contributed by atoms with van der Waals surface area (Å²) in [5.74, 6) is -0.160. The van der Waals surface area contributed by atoms with Gasteiger partial charge in [-0.25, -0.2) is 4.39 Å². The number of hydrogen-bond acceptors (Lipinski definition) is 2. The molecule has 1 saturated heterocycles. The van der Waals surface area contributed by atoms with Crippen LogP contribution in [0.5, 0.6) is 0 Å². The molecule has 1 heterocycles. The van der Waals surface area contributed by atoms with Gasteiger partial charge in [-0.3, -0.25) is 0 Å². The molecule has 0 radical (unpaired) electrons. The van der Waals surface area contributed by atoms with E-state index in [1.165, 1.54) is 12.8 Å². The fourth-order valence-electron chi connectivity index (χ4n) is 2.95. The Kier molecular flexibility index (Phi) is 3.86. The highest BCUT2D eigenvalue weighted by molar-refractivity contribution is 5.57. The Morgan fingerprint density at radius 2 is 2.05 bits per heavy atom. The summed E-state index contributed by atoms with van der Waals surface area (Å²) in [5, 5.41) is 0. The summed E-state index contributed by atoms with van der Waals surface area (Å²) in [4.78, 5) is 2.37. The Hall–Kier alpha value is -1.09. The quantitative estimate of drug-likeness (QED) is 0.880. The average molecular weight is 264 g/mol. The second-order valence-electron chi connectivity index (χ2n) is 6.64. The third-order valence-corrected chi connectivity index (χ3v) is 4.04. The van der Waals surface area contributed by atoms with Gasteiger partial charge in [-0.05, 0) is 55.4 Å². The predicted molar refractivity (Wildman–Crippen MR) is 79.0 cm³/mol. The summed E-state index contributed by atoms with van der Waals surface area (Å²) in [5.41, 5.74) is 9.06. The van der Waals surface area contributed by atoms with Crippen molar-refractivity contribution in [3.05, 3.63) is 29.1 Å². The Labute approximate surface area is 115 Å². The minimum absolute atomic E-state index is 0.143. The molecule has 0 saturated carbocycles. The Bertz CT molecular complexity index is 466. The average Bonchev–Trinajstić information content (AvgIpc) is 2.30. The second-order valence-corrected chi connectivity index (χ2v) is 6.64. The van der Waals surface area contributed by atoms with Gasteiger partial charge in [0.2, 0.25) is 0 Å². The largest absolute Gasteiger partial charge is 0.371 e. The first kappa shape index (κ1) is 14.3. The number of nitrogens with zero attached hydrogens (tertiary/aromatic N) is 1. The highest BCUT2D eigenvalue weighted by Gasteiger charge is 2.28. The van der Waals surface area contributed by atoms with Crippen molar-refractivity contribution >= 4 is 5.69 Å². The zero-order valence-corrected chi connectivity index (χ0v) is 12.5. The highest BCUT2D eigenvalue weighted by Crippen LogP contribution is 2.35. The van der Waals surface area contributed by atoms with Crippen LogP contribution in [0.3, 0.4) is 0 Å². The molecule has 2 rings (SSSR count). The van der Waals surface area contributed by atoms with E-state index in [9.17, 15) is 4.39 Å². The van der Waals surface area contributed by atoms with Crippen LogP contribution in [0, 0.1) is 18.2 Å². The fourth-order valence-corrected chi connectivity index (χ4v) is 2.95. The van der Waals surface area contributed by atoms with E-state index >= 15 is 0 Å². The minimum Gasteiger partial charge on any atom is -0.371 e. The topological polar surface area (TPSA) is 29.3 Å². The maximum atomic E-state index is 13.8. The molecule has 0 bridgehead atoms. The van der Waals surface area contributed by atoms with E-state index in [4.69, 9.17) is 5.73 Å². The molecule has 3 heteroatoms. The third-order valence-electron chi connectivity index (χ3n) is 4.04. The lowest BCUT2D eigenvalue weighted by Gasteiger charge is -2.40. The van der Waals surface area contributed by atoms with E-state index in [1.807, 2.05) is 19.9 Å². The maximum Gasteiger partial charge on any atom is 0.126 e. The summed E-state index contributed by atoms with van der Waals surface area (Å²) >= 11 is 0. The molecule has 1 aliphatic heterocycles. The van der Waals surface area contributed by atoms with Gasteiger partial charge < -0.3 is 10.6 Å². The maximum absolute atomic E-state index is 13.8. The van der Waals surface area contributed by atoms with Crippen molar-refractivity contribution < 1.29 is 4.39 Å². The third kappa shape index (κ3) is 3.08. The SMILES string of the molecule is Cc1cc(N2CCCC(C)(C)C2)c([C@H](C)N)cc1F. The van der Waals surface area contributed by atoms with Gasteiger partial charge in [-0.15, -0.1) is 0 Å². The van der Waals surface area contributed by atoms with Gasteiger partial charge in [0.05, 0.1) is 0 Å². The molecule has 106 valence electrons. The zero-order chi connectivity index (χ0) is 14.2. The van der Waals surface area contributed by atoms with Crippen LogP contribution in [0.1, 0.15) is 50.8 Å². The molecule has 1 aromatic carbocycles. The number of benzene rings is 1. The number of aryl methyl sites for hydroxylation is 1. The van der Waals surface area contributed by atoms with Crippen molar-refractivity contribution in [2.75, 3.05) is 18.0 Å². The van der Waals surface area contributed by atoms with Gasteiger partial charge >= 0.3 is 0 Å². The Morgan fingerprint density at radius 3 is 2.63 bits per heavy atom. The Balaban J connectivity index is 2.40. The van der Waals surface area contributed by atoms with Crippen molar-refractivity contribution in [3.8, 4) is 0 Å². The van der Waals surface area contributed by atoms with Gasteiger partial charge in [0, 0.05) is 24.8 Å². The number of hydrogen-bond donors (Lipinski definition) is 1. The highest BCUT2D eigenvalue weighted by atomic mass is 19.1. The first-order valence-corrected chi connectivity index (χ1v) is 7.11. The molecule has 2 N–H and O–H groups in total. The molecular weight excluding hydrogens is 239 g/mol. The molecule has 0 aromatic heterocycles. The number of anilines is 1. The van der Waals surface area contributed by atoms with Crippen LogP contribution < -0.4 is 10.6 Å². The molecule has 0 spiro atoms. The number of halogens is 1. The molecule has 2 nitrogen and oxygen atoms in total. The van der Waals surface area contributed by atoms with Crippen molar-refractivity contribution in [2.45, 2.75) is 46.6 Å². The number of rotatable bonds is 2. The predicted octanol–water partition coefficient (Wildman–Crippen LogP) is 3.78. The molecule has 19 heavy (non-hydrogen) atoms. The van der Waals surface area contributed by atoms with Gasteiger partial charge in [0.1, 0.15) is 5.82 Å². The summed E-state index contributed by atoms with van der Waals surface area (Å²) in [7, 11) is 0. The van der Waals surface area contributed by atoms with Crippen LogP contribution >= 0.6 is 0 Å². The lowest BCUT2D eigenvalue weighted by molar-refractivity contribution is 0.292. The van der Waals surface area contributed by atoms with E-state index < -0.39 is 0 Å². The van der Waals surface area contributed by atoms with Crippen LogP contribution in [-0.2, 0) is 0 Å². The standard InChI is InChI=1S/C16H25FN2/c1-11-8-15(13(12(2)18)9-14(11)17)19-7-5-6-16(3,4)10-19/h8-9,12H,5-7,10,18H2,1-4H3/t12-/m0/s1. The molecule has 0 aliphatic carbocycles. The van der Waals surface area contributed by atoms with Crippen LogP contribution in [-0.4, -0.2) is 13.1 Å². The van der Waals surface area contributed by atoms with Crippen LogP contribution in [0.2, 0.25) is 0 Å². The summed E-state index contributed by atoms with van der Waals surface area (Å²) < 4.78 is 13.8. The second kappa shape index (κ2) is 5.12. The van der Waals surface area contributed by atoms with Gasteiger partial charge in [0.15, 0.2) is 0 Å². The van der Waals surface area contributed by atoms with E-state index in [0.717, 1.165) is 24.3 Å². The van der Waals surface area contributed by atoms with E-state index in [2.05, 4.69) is 18.7 Å². The lowest BCUT2D eigenvalue weighted by atomic mass is 9.83. The summed E-state index contributed by atoms with van der Waals surface area (Å²) in [6.07, 6.45) is 2.43.